The predicted molar refractivity (Wildman–Crippen MR) is 117 cm³/mol. The molecular weight excluding hydrogens is 515 g/mol. The maximum Gasteiger partial charge on any atom is 0.323 e. The number of hydrogen-bond donors (Lipinski definition) is 3. The molecule has 2 amide bonds. The molecule has 1 aliphatic heterocycles. The number of carbonyl (C=O) groups excluding carboxylic acids is 1. The Morgan fingerprint density at radius 1 is 1.25 bits per heavy atom. The lowest BCUT2D eigenvalue weighted by molar-refractivity contribution is -0.0557. The van der Waals surface area contributed by atoms with E-state index in [1.165, 1.54) is 25.1 Å². The maximum absolute atomic E-state index is 14.8. The van der Waals surface area contributed by atoms with Gasteiger partial charge in [0.1, 0.15) is 29.5 Å². The summed E-state index contributed by atoms with van der Waals surface area (Å²) in [7, 11) is -4.08. The molecule has 2 atom stereocenters. The van der Waals surface area contributed by atoms with Crippen LogP contribution in [-0.4, -0.2) is 66.5 Å². The molecule has 0 bridgehead atoms. The maximum atomic E-state index is 14.8. The molecule has 9 nitrogen and oxygen atoms in total. The molecule has 1 aliphatic rings. The first kappa shape index (κ1) is 25.8. The minimum Gasteiger partial charge on any atom is -0.394 e. The molecule has 3 aromatic rings. The number of sulfonamides is 1. The summed E-state index contributed by atoms with van der Waals surface area (Å²) in [6.07, 6.45) is 0. The summed E-state index contributed by atoms with van der Waals surface area (Å²) in [5, 5.41) is 15.3. The third-order valence-corrected chi connectivity index (χ3v) is 7.20. The van der Waals surface area contributed by atoms with Gasteiger partial charge in [0.2, 0.25) is 10.0 Å². The molecule has 3 N–H and O–H groups in total. The van der Waals surface area contributed by atoms with E-state index in [1.54, 1.807) is 0 Å². The quantitative estimate of drug-likeness (QED) is 0.418. The minimum absolute atomic E-state index is 0.0371. The molecule has 0 spiro atoms. The summed E-state index contributed by atoms with van der Waals surface area (Å²) in [6, 6.07) is -0.427. The van der Waals surface area contributed by atoms with Crippen LogP contribution in [0, 0.1) is 17.5 Å². The average molecular weight is 534 g/mol. The molecule has 2 aromatic carbocycles. The number of amides is 2. The zero-order valence-electron chi connectivity index (χ0n) is 18.4. The van der Waals surface area contributed by atoms with Crippen LogP contribution < -0.4 is 10.0 Å². The van der Waals surface area contributed by atoms with Crippen molar-refractivity contribution < 1.29 is 44.8 Å². The summed E-state index contributed by atoms with van der Waals surface area (Å²) in [6.45, 7) is -0.752. The molecule has 15 heteroatoms. The van der Waals surface area contributed by atoms with E-state index in [-0.39, 0.29) is 16.5 Å². The second-order valence-electron chi connectivity index (χ2n) is 7.98. The number of urea groups is 1. The number of hydrogen-bond acceptors (Lipinski definition) is 6. The van der Waals surface area contributed by atoms with E-state index in [4.69, 9.17) is 4.52 Å². The van der Waals surface area contributed by atoms with Crippen molar-refractivity contribution in [2.24, 2.45) is 0 Å². The summed E-state index contributed by atoms with van der Waals surface area (Å²) in [5.41, 5.74) is -0.848. The highest BCUT2D eigenvalue weighted by Crippen LogP contribution is 2.38. The van der Waals surface area contributed by atoms with E-state index >= 15 is 0 Å². The van der Waals surface area contributed by atoms with Crippen LogP contribution in [0.4, 0.5) is 32.6 Å². The smallest absolute Gasteiger partial charge is 0.323 e. The van der Waals surface area contributed by atoms with Gasteiger partial charge in [-0.25, -0.2) is 39.9 Å². The molecule has 36 heavy (non-hydrogen) atoms. The van der Waals surface area contributed by atoms with E-state index in [0.29, 0.717) is 17.0 Å². The highest BCUT2D eigenvalue weighted by Gasteiger charge is 2.58. The van der Waals surface area contributed by atoms with Crippen molar-refractivity contribution in [1.82, 2.24) is 14.8 Å². The van der Waals surface area contributed by atoms with Gasteiger partial charge in [-0.2, -0.15) is 0 Å². The molecule has 4 rings (SSSR count). The number of benzene rings is 2. The molecule has 1 saturated heterocycles. The zero-order valence-corrected chi connectivity index (χ0v) is 19.3. The number of aromatic nitrogens is 1. The van der Waals surface area contributed by atoms with Gasteiger partial charge in [0, 0.05) is 24.2 Å². The number of carbonyl (C=O) groups is 1. The number of aliphatic hydroxyl groups is 1. The third kappa shape index (κ3) is 4.49. The Bertz CT molecular complexity index is 1410. The number of aliphatic hydroxyl groups excluding tert-OH is 1. The second kappa shape index (κ2) is 9.29. The van der Waals surface area contributed by atoms with Gasteiger partial charge in [0.25, 0.3) is 5.92 Å². The number of halogens is 5. The highest BCUT2D eigenvalue weighted by molar-refractivity contribution is 7.89. The van der Waals surface area contributed by atoms with Crippen LogP contribution in [0.2, 0.25) is 0 Å². The van der Waals surface area contributed by atoms with E-state index in [2.05, 4.69) is 10.5 Å². The van der Waals surface area contributed by atoms with Crippen molar-refractivity contribution in [3.63, 3.8) is 0 Å². The fraction of sp³-hybridized carbons (Fsp3) is 0.333. The number of anilines is 1. The standard InChI is InChI=1S/C21H19F5N4O5S/c1-2-36(33,34)29-15-8-30(16(9-31)21(15,25)26)20(32)27-19-18-11(4-3-5-14(18)35-28-19)17-12(23)6-10(22)7-13(17)24/h3-7,15-16,29,31H,2,8-9H2,1H3,(H,27,28,32)/t15-,16-/m1/s1. The fourth-order valence-corrected chi connectivity index (χ4v) is 4.84. The number of alkyl halides is 2. The lowest BCUT2D eigenvalue weighted by Gasteiger charge is -2.26. The SMILES string of the molecule is CCS(=O)(=O)N[C@@H]1CN(C(=O)Nc2noc3cccc(-c4c(F)cc(F)cc4F)c23)[C@H](CO)C1(F)F. The lowest BCUT2D eigenvalue weighted by Crippen LogP contribution is -2.51. The molecule has 1 aromatic heterocycles. The first-order valence-corrected chi connectivity index (χ1v) is 12.1. The van der Waals surface area contributed by atoms with Gasteiger partial charge >= 0.3 is 6.03 Å². The number of nitrogens with one attached hydrogen (secondary N) is 2. The Morgan fingerprint density at radius 3 is 2.53 bits per heavy atom. The molecule has 194 valence electrons. The van der Waals surface area contributed by atoms with Gasteiger partial charge in [-0.1, -0.05) is 17.3 Å². The topological polar surface area (TPSA) is 125 Å². The van der Waals surface area contributed by atoms with Crippen LogP contribution in [0.15, 0.2) is 34.9 Å². The van der Waals surface area contributed by atoms with Gasteiger partial charge in [-0.15, -0.1) is 0 Å². The molecule has 1 fully saturated rings. The number of nitrogens with zero attached hydrogens (tertiary/aromatic N) is 2. The van der Waals surface area contributed by atoms with Crippen molar-refractivity contribution in [3.05, 3.63) is 47.8 Å². The minimum atomic E-state index is -4.08. The molecule has 0 aliphatic carbocycles. The largest absolute Gasteiger partial charge is 0.394 e. The van der Waals surface area contributed by atoms with E-state index < -0.39 is 81.8 Å². The third-order valence-electron chi connectivity index (χ3n) is 5.80. The Kier molecular flexibility index (Phi) is 6.66. The van der Waals surface area contributed by atoms with E-state index in [0.717, 1.165) is 0 Å². The predicted octanol–water partition coefficient (Wildman–Crippen LogP) is 3.06. The average Bonchev–Trinajstić information content (AvgIpc) is 3.31. The van der Waals surface area contributed by atoms with Crippen LogP contribution in [0.3, 0.4) is 0 Å². The Labute approximate surface area is 200 Å². The van der Waals surface area contributed by atoms with Crippen LogP contribution in [0.5, 0.6) is 0 Å². The highest BCUT2D eigenvalue weighted by atomic mass is 32.2. The summed E-state index contributed by atoms with van der Waals surface area (Å²) >= 11 is 0. The Balaban J connectivity index is 1.70. The summed E-state index contributed by atoms with van der Waals surface area (Å²) in [5.74, 6) is -8.36. The summed E-state index contributed by atoms with van der Waals surface area (Å²) in [4.78, 5) is 13.5. The summed E-state index contributed by atoms with van der Waals surface area (Å²) < 4.78 is 103. The van der Waals surface area contributed by atoms with Crippen molar-refractivity contribution in [2.45, 2.75) is 24.9 Å². The fourth-order valence-electron chi connectivity index (χ4n) is 4.00. The molecular formula is C21H19F5N4O5S. The van der Waals surface area contributed by atoms with Crippen LogP contribution >= 0.6 is 0 Å². The van der Waals surface area contributed by atoms with Crippen molar-refractivity contribution >= 4 is 32.8 Å². The normalized spacial score (nSPS) is 19.7. The lowest BCUT2D eigenvalue weighted by atomic mass is 10.0. The van der Waals surface area contributed by atoms with Crippen molar-refractivity contribution in [1.29, 1.82) is 0 Å². The molecule has 0 radical (unpaired) electrons. The van der Waals surface area contributed by atoms with Gasteiger partial charge in [-0.05, 0) is 13.0 Å². The number of rotatable bonds is 6. The first-order chi connectivity index (χ1) is 16.9. The van der Waals surface area contributed by atoms with Crippen molar-refractivity contribution in [3.8, 4) is 11.1 Å². The monoisotopic (exact) mass is 534 g/mol. The van der Waals surface area contributed by atoms with Crippen LogP contribution in [0.1, 0.15) is 6.92 Å². The van der Waals surface area contributed by atoms with Crippen LogP contribution in [-0.2, 0) is 10.0 Å². The van der Waals surface area contributed by atoms with Crippen LogP contribution in [0.25, 0.3) is 22.1 Å². The van der Waals surface area contributed by atoms with E-state index in [9.17, 15) is 40.3 Å². The molecule has 0 unspecified atom stereocenters. The second-order valence-corrected chi connectivity index (χ2v) is 10.0. The number of likely N-dealkylation sites (tertiary alicyclic amines) is 1. The van der Waals surface area contributed by atoms with Gasteiger partial charge in [-0.3, -0.25) is 5.32 Å². The van der Waals surface area contributed by atoms with Gasteiger partial charge < -0.3 is 14.5 Å². The Hall–Kier alpha value is -3.30. The van der Waals surface area contributed by atoms with Gasteiger partial charge in [0.05, 0.1) is 23.3 Å². The first-order valence-electron chi connectivity index (χ1n) is 10.5. The Morgan fingerprint density at radius 2 is 1.92 bits per heavy atom. The van der Waals surface area contributed by atoms with E-state index in [1.807, 2.05) is 4.72 Å². The van der Waals surface area contributed by atoms with Gasteiger partial charge in [0.15, 0.2) is 11.4 Å². The number of fused-ring (bicyclic) bond motifs is 1. The molecule has 0 saturated carbocycles. The zero-order chi connectivity index (χ0) is 26.4. The molecule has 2 heterocycles. The van der Waals surface area contributed by atoms with Crippen molar-refractivity contribution in [2.75, 3.05) is 24.2 Å².